The highest BCUT2D eigenvalue weighted by molar-refractivity contribution is 5.85. The van der Waals surface area contributed by atoms with Crippen LogP contribution in [0.15, 0.2) is 0 Å². The van der Waals surface area contributed by atoms with Gasteiger partial charge in [-0.25, -0.2) is 0 Å². The zero-order chi connectivity index (χ0) is 10.4. The van der Waals surface area contributed by atoms with Crippen molar-refractivity contribution in [3.8, 4) is 0 Å². The maximum atomic E-state index is 11.5. The fourth-order valence-electron chi connectivity index (χ4n) is 1.25. The van der Waals surface area contributed by atoms with Crippen LogP contribution in [0.5, 0.6) is 0 Å². The molecule has 0 aromatic carbocycles. The van der Waals surface area contributed by atoms with Crippen LogP contribution >= 0.6 is 12.4 Å². The minimum Gasteiger partial charge on any atom is -0.366 e. The van der Waals surface area contributed by atoms with E-state index < -0.39 is 0 Å². The van der Waals surface area contributed by atoms with Crippen molar-refractivity contribution >= 4 is 18.3 Å². The Kier molecular flexibility index (Phi) is 7.68. The summed E-state index contributed by atoms with van der Waals surface area (Å²) in [7, 11) is 3.95. The van der Waals surface area contributed by atoms with Crippen LogP contribution in [0.2, 0.25) is 0 Å². The summed E-state index contributed by atoms with van der Waals surface area (Å²) in [6.45, 7) is 3.60. The molecule has 90 valence electrons. The molecular weight excluding hydrogens is 218 g/mol. The van der Waals surface area contributed by atoms with Gasteiger partial charge in [-0.1, -0.05) is 0 Å². The summed E-state index contributed by atoms with van der Waals surface area (Å²) < 4.78 is 5.31. The minimum atomic E-state index is -0.314. The lowest BCUT2D eigenvalue weighted by Gasteiger charge is -2.23. The van der Waals surface area contributed by atoms with E-state index in [9.17, 15) is 4.79 Å². The Morgan fingerprint density at radius 3 is 2.87 bits per heavy atom. The maximum Gasteiger partial charge on any atom is 0.250 e. The number of nitrogens with zero attached hydrogens (tertiary/aromatic N) is 1. The molecule has 0 spiro atoms. The first kappa shape index (κ1) is 14.6. The lowest BCUT2D eigenvalue weighted by Crippen LogP contribution is -2.48. The Hall–Kier alpha value is -0.360. The summed E-state index contributed by atoms with van der Waals surface area (Å²) in [5.74, 6) is -0.0148. The monoisotopic (exact) mass is 237 g/mol. The van der Waals surface area contributed by atoms with Crippen molar-refractivity contribution in [2.75, 3.05) is 46.9 Å². The second kappa shape index (κ2) is 7.87. The summed E-state index contributed by atoms with van der Waals surface area (Å²) in [6.07, 6.45) is -0.314. The zero-order valence-corrected chi connectivity index (χ0v) is 10.1. The van der Waals surface area contributed by atoms with Gasteiger partial charge in [0.25, 0.3) is 5.91 Å². The number of halogens is 1. The van der Waals surface area contributed by atoms with Crippen LogP contribution < -0.4 is 10.6 Å². The molecule has 0 unspecified atom stereocenters. The molecule has 1 aliphatic rings. The SMILES string of the molecule is CN(C)CCNC(=O)[C@H]1CNCCO1.Cl. The first-order chi connectivity index (χ1) is 6.70. The number of hydrogen-bond acceptors (Lipinski definition) is 4. The standard InChI is InChI=1S/C9H19N3O2.ClH/c1-12(2)5-3-11-9(13)8-7-10-4-6-14-8;/h8,10H,3-7H2,1-2H3,(H,11,13);1H/t8-;/m1./s1. The van der Waals surface area contributed by atoms with Gasteiger partial charge >= 0.3 is 0 Å². The first-order valence-electron chi connectivity index (χ1n) is 4.95. The maximum absolute atomic E-state index is 11.5. The molecule has 1 saturated heterocycles. The molecule has 1 rings (SSSR count). The Morgan fingerprint density at radius 1 is 1.60 bits per heavy atom. The van der Waals surface area contributed by atoms with E-state index in [1.807, 2.05) is 19.0 Å². The number of ether oxygens (including phenoxy) is 1. The number of nitrogens with one attached hydrogen (secondary N) is 2. The molecule has 15 heavy (non-hydrogen) atoms. The largest absolute Gasteiger partial charge is 0.366 e. The normalized spacial score (nSPS) is 20.9. The highest BCUT2D eigenvalue weighted by atomic mass is 35.5. The van der Waals surface area contributed by atoms with Crippen molar-refractivity contribution in [1.29, 1.82) is 0 Å². The van der Waals surface area contributed by atoms with E-state index in [4.69, 9.17) is 4.74 Å². The van der Waals surface area contributed by atoms with Crippen LogP contribution in [0.3, 0.4) is 0 Å². The van der Waals surface area contributed by atoms with Gasteiger partial charge in [0.15, 0.2) is 0 Å². The topological polar surface area (TPSA) is 53.6 Å². The highest BCUT2D eigenvalue weighted by Gasteiger charge is 2.20. The molecule has 2 N–H and O–H groups in total. The number of carbonyl (C=O) groups excluding carboxylic acids is 1. The van der Waals surface area contributed by atoms with Gasteiger partial charge in [0, 0.05) is 26.2 Å². The van der Waals surface area contributed by atoms with E-state index in [1.54, 1.807) is 0 Å². The van der Waals surface area contributed by atoms with Crippen LogP contribution in [0.4, 0.5) is 0 Å². The number of carbonyl (C=O) groups is 1. The third-order valence-corrected chi connectivity index (χ3v) is 2.08. The molecule has 0 bridgehead atoms. The Bertz CT molecular complexity index is 184. The van der Waals surface area contributed by atoms with Crippen molar-refractivity contribution in [3.05, 3.63) is 0 Å². The van der Waals surface area contributed by atoms with Crippen LogP contribution in [0.25, 0.3) is 0 Å². The number of likely N-dealkylation sites (N-methyl/N-ethyl adjacent to an activating group) is 1. The Morgan fingerprint density at radius 2 is 2.33 bits per heavy atom. The molecule has 1 atom stereocenters. The van der Waals surface area contributed by atoms with E-state index >= 15 is 0 Å². The Labute approximate surface area is 96.9 Å². The molecule has 5 nitrogen and oxygen atoms in total. The fourth-order valence-corrected chi connectivity index (χ4v) is 1.25. The first-order valence-corrected chi connectivity index (χ1v) is 4.95. The Balaban J connectivity index is 0.00000196. The van der Waals surface area contributed by atoms with E-state index in [-0.39, 0.29) is 24.4 Å². The van der Waals surface area contributed by atoms with E-state index in [2.05, 4.69) is 10.6 Å². The van der Waals surface area contributed by atoms with Gasteiger partial charge in [0.05, 0.1) is 6.61 Å². The summed E-state index contributed by atoms with van der Waals surface area (Å²) in [5.41, 5.74) is 0. The molecule has 0 radical (unpaired) electrons. The molecule has 1 fully saturated rings. The van der Waals surface area contributed by atoms with Crippen molar-refractivity contribution < 1.29 is 9.53 Å². The van der Waals surface area contributed by atoms with Crippen LogP contribution in [-0.2, 0) is 9.53 Å². The number of hydrogen-bond donors (Lipinski definition) is 2. The van der Waals surface area contributed by atoms with Crippen molar-refractivity contribution in [2.45, 2.75) is 6.10 Å². The molecular formula is C9H20ClN3O2. The van der Waals surface area contributed by atoms with Gasteiger partial charge in [-0.15, -0.1) is 12.4 Å². The highest BCUT2D eigenvalue weighted by Crippen LogP contribution is 1.95. The number of morpholine rings is 1. The smallest absolute Gasteiger partial charge is 0.250 e. The van der Waals surface area contributed by atoms with Crippen LogP contribution in [-0.4, -0.2) is 63.8 Å². The fraction of sp³-hybridized carbons (Fsp3) is 0.889. The predicted octanol–water partition coefficient (Wildman–Crippen LogP) is -0.926. The molecule has 0 aromatic rings. The van der Waals surface area contributed by atoms with Gasteiger partial charge in [0.1, 0.15) is 6.10 Å². The third-order valence-electron chi connectivity index (χ3n) is 2.08. The minimum absolute atomic E-state index is 0. The van der Waals surface area contributed by atoms with E-state index in [1.165, 1.54) is 0 Å². The quantitative estimate of drug-likeness (QED) is 0.664. The van der Waals surface area contributed by atoms with E-state index in [0.29, 0.717) is 19.7 Å². The predicted molar refractivity (Wildman–Crippen MR) is 61.4 cm³/mol. The zero-order valence-electron chi connectivity index (χ0n) is 9.28. The van der Waals surface area contributed by atoms with Gasteiger partial charge < -0.3 is 20.3 Å². The van der Waals surface area contributed by atoms with Crippen LogP contribution in [0, 0.1) is 0 Å². The molecule has 0 saturated carbocycles. The van der Waals surface area contributed by atoms with Gasteiger partial charge in [-0.3, -0.25) is 4.79 Å². The lowest BCUT2D eigenvalue weighted by molar-refractivity contribution is -0.134. The molecule has 1 aliphatic heterocycles. The molecule has 1 heterocycles. The number of rotatable bonds is 4. The van der Waals surface area contributed by atoms with Gasteiger partial charge in [-0.2, -0.15) is 0 Å². The summed E-state index contributed by atoms with van der Waals surface area (Å²) in [5, 5.41) is 5.96. The number of amides is 1. The summed E-state index contributed by atoms with van der Waals surface area (Å²) in [4.78, 5) is 13.5. The van der Waals surface area contributed by atoms with E-state index in [0.717, 1.165) is 13.1 Å². The average molecular weight is 238 g/mol. The second-order valence-electron chi connectivity index (χ2n) is 3.66. The van der Waals surface area contributed by atoms with Crippen molar-refractivity contribution in [2.24, 2.45) is 0 Å². The summed E-state index contributed by atoms with van der Waals surface area (Å²) >= 11 is 0. The second-order valence-corrected chi connectivity index (χ2v) is 3.66. The summed E-state index contributed by atoms with van der Waals surface area (Å²) in [6, 6.07) is 0. The lowest BCUT2D eigenvalue weighted by atomic mass is 10.3. The molecule has 0 aliphatic carbocycles. The molecule has 1 amide bonds. The third kappa shape index (κ3) is 5.94. The van der Waals surface area contributed by atoms with Gasteiger partial charge in [-0.05, 0) is 14.1 Å². The van der Waals surface area contributed by atoms with Crippen molar-refractivity contribution in [1.82, 2.24) is 15.5 Å². The average Bonchev–Trinajstić information content (AvgIpc) is 2.18. The van der Waals surface area contributed by atoms with Crippen molar-refractivity contribution in [3.63, 3.8) is 0 Å². The molecule has 0 aromatic heterocycles. The van der Waals surface area contributed by atoms with Gasteiger partial charge in [0.2, 0.25) is 0 Å². The molecule has 6 heteroatoms. The van der Waals surface area contributed by atoms with Crippen LogP contribution in [0.1, 0.15) is 0 Å².